The Bertz CT molecular complexity index is 1040. The highest BCUT2D eigenvalue weighted by Gasteiger charge is 2.11. The second-order valence-electron chi connectivity index (χ2n) is 7.09. The fraction of sp³-hybridized carbons (Fsp3) is 0.154. The Morgan fingerprint density at radius 1 is 0.941 bits per heavy atom. The first kappa shape index (κ1) is 28.2. The average Bonchev–Trinajstić information content (AvgIpc) is 2.84. The zero-order chi connectivity index (χ0) is 24.1. The number of esters is 1. The van der Waals surface area contributed by atoms with Gasteiger partial charge in [0.05, 0.1) is 7.11 Å². The van der Waals surface area contributed by atoms with Crippen molar-refractivity contribution in [2.45, 2.75) is 19.1 Å². The number of carbonyl (C=O) groups excluding carboxylic acids is 1. The molecule has 0 aromatic heterocycles. The maximum absolute atomic E-state index is 10.7. The van der Waals surface area contributed by atoms with Crippen molar-refractivity contribution in [2.75, 3.05) is 12.8 Å². The molecule has 0 saturated carbocycles. The summed E-state index contributed by atoms with van der Waals surface area (Å²) in [5.74, 6) is -0.604. The number of aliphatic carboxylic acids is 1. The zero-order valence-corrected chi connectivity index (χ0v) is 19.6. The molecule has 3 rings (SSSR count). The second kappa shape index (κ2) is 15.1. The SMILES string of the molecule is COC(=O)/C=C/c1ccc(N)cc1.Cl.N[C@@H](Cc1ccc(OCc2ccccc2)cc1)C(=O)O. The van der Waals surface area contributed by atoms with Crippen LogP contribution in [0.2, 0.25) is 0 Å². The maximum atomic E-state index is 10.7. The Kier molecular flexibility index (Phi) is 12.5. The van der Waals surface area contributed by atoms with Crippen molar-refractivity contribution in [3.8, 4) is 5.75 Å². The van der Waals surface area contributed by atoms with Gasteiger partial charge < -0.3 is 26.0 Å². The van der Waals surface area contributed by atoms with Gasteiger partial charge in [-0.15, -0.1) is 12.4 Å². The molecule has 0 radical (unpaired) electrons. The first-order valence-corrected chi connectivity index (χ1v) is 10.2. The van der Waals surface area contributed by atoms with Crippen LogP contribution in [0, 0.1) is 0 Å². The quantitative estimate of drug-likeness (QED) is 0.250. The highest BCUT2D eigenvalue weighted by atomic mass is 35.5. The molecule has 3 aromatic rings. The Balaban J connectivity index is 0.000000360. The minimum Gasteiger partial charge on any atom is -0.489 e. The Labute approximate surface area is 205 Å². The molecule has 0 amide bonds. The van der Waals surface area contributed by atoms with E-state index in [-0.39, 0.29) is 18.4 Å². The van der Waals surface area contributed by atoms with Crippen molar-refractivity contribution >= 4 is 36.1 Å². The van der Waals surface area contributed by atoms with Crippen LogP contribution in [0.4, 0.5) is 5.69 Å². The largest absolute Gasteiger partial charge is 0.489 e. The van der Waals surface area contributed by atoms with Crippen molar-refractivity contribution in [1.29, 1.82) is 0 Å². The molecule has 0 saturated heterocycles. The Hall–Kier alpha value is -3.81. The lowest BCUT2D eigenvalue weighted by molar-refractivity contribution is -0.138. The van der Waals surface area contributed by atoms with E-state index in [0.717, 1.165) is 22.4 Å². The topological polar surface area (TPSA) is 125 Å². The second-order valence-corrected chi connectivity index (χ2v) is 7.09. The van der Waals surface area contributed by atoms with Crippen LogP contribution in [-0.4, -0.2) is 30.2 Å². The lowest BCUT2D eigenvalue weighted by Crippen LogP contribution is -2.32. The molecule has 0 aliphatic heterocycles. The number of ether oxygens (including phenoxy) is 2. The van der Waals surface area contributed by atoms with Gasteiger partial charge in [-0.1, -0.05) is 54.6 Å². The predicted molar refractivity (Wildman–Crippen MR) is 136 cm³/mol. The molecule has 0 aliphatic carbocycles. The number of hydrogen-bond acceptors (Lipinski definition) is 6. The first-order valence-electron chi connectivity index (χ1n) is 10.2. The van der Waals surface area contributed by atoms with E-state index in [2.05, 4.69) is 4.74 Å². The third-order valence-electron chi connectivity index (χ3n) is 4.49. The smallest absolute Gasteiger partial charge is 0.330 e. The molecular formula is C26H29ClN2O5. The predicted octanol–water partition coefficient (Wildman–Crippen LogP) is 4.10. The van der Waals surface area contributed by atoms with E-state index in [1.54, 1.807) is 18.2 Å². The molecule has 0 spiro atoms. The number of nitrogen functional groups attached to an aromatic ring is 1. The van der Waals surface area contributed by atoms with E-state index in [1.807, 2.05) is 66.7 Å². The van der Waals surface area contributed by atoms with Crippen molar-refractivity contribution in [1.82, 2.24) is 0 Å². The number of benzene rings is 3. The van der Waals surface area contributed by atoms with Crippen molar-refractivity contribution < 1.29 is 24.2 Å². The molecular weight excluding hydrogens is 456 g/mol. The number of carboxylic acid groups (broad SMARTS) is 1. The van der Waals surface area contributed by atoms with Crippen LogP contribution >= 0.6 is 12.4 Å². The summed E-state index contributed by atoms with van der Waals surface area (Å²) in [6, 6.07) is 23.6. The Morgan fingerprint density at radius 2 is 1.56 bits per heavy atom. The van der Waals surface area contributed by atoms with E-state index in [4.69, 9.17) is 21.3 Å². The van der Waals surface area contributed by atoms with E-state index in [0.29, 0.717) is 18.7 Å². The van der Waals surface area contributed by atoms with Crippen LogP contribution in [0.1, 0.15) is 16.7 Å². The van der Waals surface area contributed by atoms with Gasteiger partial charge in [0.2, 0.25) is 0 Å². The van der Waals surface area contributed by atoms with Gasteiger partial charge in [-0.2, -0.15) is 0 Å². The lowest BCUT2D eigenvalue weighted by Gasteiger charge is -2.09. The lowest BCUT2D eigenvalue weighted by atomic mass is 10.1. The minimum atomic E-state index is -0.991. The molecule has 180 valence electrons. The van der Waals surface area contributed by atoms with Crippen LogP contribution in [-0.2, 0) is 27.4 Å². The Morgan fingerprint density at radius 3 is 2.12 bits per heavy atom. The molecule has 7 nitrogen and oxygen atoms in total. The van der Waals surface area contributed by atoms with Crippen LogP contribution in [0.15, 0.2) is 84.9 Å². The molecule has 0 bridgehead atoms. The van der Waals surface area contributed by atoms with E-state index >= 15 is 0 Å². The van der Waals surface area contributed by atoms with Gasteiger partial charge in [-0.05, 0) is 53.5 Å². The van der Waals surface area contributed by atoms with E-state index < -0.39 is 12.0 Å². The third-order valence-corrected chi connectivity index (χ3v) is 4.49. The summed E-state index contributed by atoms with van der Waals surface area (Å²) >= 11 is 0. The fourth-order valence-corrected chi connectivity index (χ4v) is 2.64. The van der Waals surface area contributed by atoms with Crippen LogP contribution in [0.5, 0.6) is 5.75 Å². The van der Waals surface area contributed by atoms with Gasteiger partial charge in [-0.25, -0.2) is 4.79 Å². The first-order chi connectivity index (χ1) is 15.9. The molecule has 3 aromatic carbocycles. The third kappa shape index (κ3) is 10.7. The summed E-state index contributed by atoms with van der Waals surface area (Å²) in [6.07, 6.45) is 3.35. The molecule has 8 heteroatoms. The van der Waals surface area contributed by atoms with Crippen LogP contribution in [0.25, 0.3) is 6.08 Å². The number of hydrogen-bond donors (Lipinski definition) is 3. The molecule has 0 fully saturated rings. The zero-order valence-electron chi connectivity index (χ0n) is 18.8. The van der Waals surface area contributed by atoms with Gasteiger partial charge in [-0.3, -0.25) is 4.79 Å². The summed E-state index contributed by atoms with van der Waals surface area (Å²) in [6.45, 7) is 0.509. The van der Waals surface area contributed by atoms with Gasteiger partial charge in [0, 0.05) is 11.8 Å². The summed E-state index contributed by atoms with van der Waals surface area (Å²) < 4.78 is 10.1. The number of methoxy groups -OCH3 is 1. The highest BCUT2D eigenvalue weighted by Crippen LogP contribution is 2.15. The van der Waals surface area contributed by atoms with Crippen LogP contribution in [0.3, 0.4) is 0 Å². The number of anilines is 1. The summed E-state index contributed by atoms with van der Waals surface area (Å²) in [7, 11) is 1.34. The van der Waals surface area contributed by atoms with Crippen molar-refractivity contribution in [3.63, 3.8) is 0 Å². The summed E-state index contributed by atoms with van der Waals surface area (Å²) in [5.41, 5.74) is 14.6. The number of rotatable bonds is 8. The van der Waals surface area contributed by atoms with Gasteiger partial charge in [0.25, 0.3) is 0 Å². The summed E-state index contributed by atoms with van der Waals surface area (Å²) in [5, 5.41) is 8.76. The molecule has 0 heterocycles. The molecule has 0 aliphatic rings. The van der Waals surface area contributed by atoms with Crippen LogP contribution < -0.4 is 16.2 Å². The number of halogens is 1. The van der Waals surface area contributed by atoms with Crippen molar-refractivity contribution in [2.24, 2.45) is 5.73 Å². The minimum absolute atomic E-state index is 0. The van der Waals surface area contributed by atoms with Crippen molar-refractivity contribution in [3.05, 3.63) is 102 Å². The molecule has 0 unspecified atom stereocenters. The number of carboxylic acids is 1. The molecule has 34 heavy (non-hydrogen) atoms. The molecule has 5 N–H and O–H groups in total. The van der Waals surface area contributed by atoms with Gasteiger partial charge in [0.15, 0.2) is 0 Å². The monoisotopic (exact) mass is 484 g/mol. The highest BCUT2D eigenvalue weighted by molar-refractivity contribution is 5.87. The standard InChI is InChI=1S/C16H17NO3.C10H11NO2.ClH/c17-15(16(18)19)10-12-6-8-14(9-7-12)20-11-13-4-2-1-3-5-13;1-13-10(12)7-4-8-2-5-9(11)6-3-8;/h1-9,15H,10-11,17H2,(H,18,19);2-7H,11H2,1H3;1H/b;7-4+;/t15-;;/m0../s1. The number of carbonyl (C=O) groups is 2. The average molecular weight is 485 g/mol. The van der Waals surface area contributed by atoms with Gasteiger partial charge >= 0.3 is 11.9 Å². The van der Waals surface area contributed by atoms with E-state index in [9.17, 15) is 9.59 Å². The normalized spacial score (nSPS) is 10.9. The maximum Gasteiger partial charge on any atom is 0.330 e. The number of nitrogens with two attached hydrogens (primary N) is 2. The summed E-state index contributed by atoms with van der Waals surface area (Å²) in [4.78, 5) is 21.4. The molecule has 1 atom stereocenters. The fourth-order valence-electron chi connectivity index (χ4n) is 2.64. The van der Waals surface area contributed by atoms with Gasteiger partial charge in [0.1, 0.15) is 18.4 Å². The van der Waals surface area contributed by atoms with E-state index in [1.165, 1.54) is 13.2 Å².